The molecule has 0 radical (unpaired) electrons. The quantitative estimate of drug-likeness (QED) is 0.679. The zero-order chi connectivity index (χ0) is 7.56. The van der Waals surface area contributed by atoms with Crippen LogP contribution in [-0.4, -0.2) is 4.98 Å². The molecule has 0 saturated carbocycles. The van der Waals surface area contributed by atoms with Crippen LogP contribution in [0.3, 0.4) is 0 Å². The highest BCUT2D eigenvalue weighted by Gasteiger charge is 1.95. The van der Waals surface area contributed by atoms with Gasteiger partial charge in [0.15, 0.2) is 0 Å². The molecular formula is C8H10BrN. The molecule has 54 valence electrons. The molecule has 0 aliphatic heterocycles. The van der Waals surface area contributed by atoms with Gasteiger partial charge in [-0.15, -0.1) is 0 Å². The fourth-order valence-electron chi connectivity index (χ4n) is 0.907. The molecule has 0 unspecified atom stereocenters. The monoisotopic (exact) mass is 199 g/mol. The summed E-state index contributed by atoms with van der Waals surface area (Å²) < 4.78 is 1.06. The molecule has 1 heterocycles. The van der Waals surface area contributed by atoms with Crippen LogP contribution in [0.5, 0.6) is 0 Å². The molecule has 1 aromatic heterocycles. The van der Waals surface area contributed by atoms with Gasteiger partial charge in [0.1, 0.15) is 0 Å². The van der Waals surface area contributed by atoms with Gasteiger partial charge in [-0.3, -0.25) is 4.98 Å². The van der Waals surface area contributed by atoms with Gasteiger partial charge >= 0.3 is 0 Å². The topological polar surface area (TPSA) is 12.9 Å². The average molecular weight is 200 g/mol. The lowest BCUT2D eigenvalue weighted by Gasteiger charge is -2.00. The van der Waals surface area contributed by atoms with Gasteiger partial charge in [-0.1, -0.05) is 6.92 Å². The third-order valence-electron chi connectivity index (χ3n) is 1.54. The van der Waals surface area contributed by atoms with Gasteiger partial charge in [0.2, 0.25) is 0 Å². The number of pyridine rings is 1. The zero-order valence-corrected chi connectivity index (χ0v) is 7.77. The Balaban J connectivity index is 3.09. The maximum absolute atomic E-state index is 4.20. The Bertz CT molecular complexity index is 233. The molecule has 0 spiro atoms. The van der Waals surface area contributed by atoms with E-state index in [0.717, 1.165) is 16.6 Å². The van der Waals surface area contributed by atoms with E-state index in [0.29, 0.717) is 0 Å². The molecule has 0 atom stereocenters. The van der Waals surface area contributed by atoms with Crippen molar-refractivity contribution in [3.63, 3.8) is 0 Å². The minimum Gasteiger partial charge on any atom is -0.260 e. The summed E-state index contributed by atoms with van der Waals surface area (Å²) in [6.07, 6.45) is 2.88. The van der Waals surface area contributed by atoms with E-state index in [1.165, 1.54) is 5.56 Å². The average Bonchev–Trinajstić information content (AvgIpc) is 1.94. The molecular weight excluding hydrogens is 190 g/mol. The summed E-state index contributed by atoms with van der Waals surface area (Å²) in [5, 5.41) is 0. The van der Waals surface area contributed by atoms with Crippen molar-refractivity contribution in [3.8, 4) is 0 Å². The van der Waals surface area contributed by atoms with Crippen LogP contribution < -0.4 is 0 Å². The molecule has 0 N–H and O–H groups in total. The number of nitrogens with zero attached hydrogens (tertiary/aromatic N) is 1. The van der Waals surface area contributed by atoms with Crippen LogP contribution in [0.15, 0.2) is 16.7 Å². The van der Waals surface area contributed by atoms with Gasteiger partial charge in [-0.25, -0.2) is 0 Å². The van der Waals surface area contributed by atoms with Crippen molar-refractivity contribution in [2.45, 2.75) is 20.3 Å². The van der Waals surface area contributed by atoms with Gasteiger partial charge in [0.05, 0.1) is 0 Å². The molecule has 0 bridgehead atoms. The Morgan fingerprint density at radius 2 is 2.30 bits per heavy atom. The lowest BCUT2D eigenvalue weighted by molar-refractivity contribution is 1.04. The smallest absolute Gasteiger partial charge is 0.0413 e. The molecule has 2 heteroatoms. The predicted octanol–water partition coefficient (Wildman–Crippen LogP) is 2.71. The van der Waals surface area contributed by atoms with Crippen LogP contribution in [0.2, 0.25) is 0 Å². The maximum atomic E-state index is 4.20. The summed E-state index contributed by atoms with van der Waals surface area (Å²) >= 11 is 3.37. The summed E-state index contributed by atoms with van der Waals surface area (Å²) in [7, 11) is 0. The minimum atomic E-state index is 1.05. The highest BCUT2D eigenvalue weighted by Crippen LogP contribution is 2.13. The van der Waals surface area contributed by atoms with Crippen LogP contribution in [-0.2, 0) is 6.42 Å². The molecule has 0 amide bonds. The van der Waals surface area contributed by atoms with E-state index < -0.39 is 0 Å². The molecule has 0 saturated heterocycles. The van der Waals surface area contributed by atoms with E-state index in [-0.39, 0.29) is 0 Å². The van der Waals surface area contributed by atoms with Crippen molar-refractivity contribution in [1.29, 1.82) is 0 Å². The van der Waals surface area contributed by atoms with Crippen molar-refractivity contribution >= 4 is 15.9 Å². The van der Waals surface area contributed by atoms with E-state index >= 15 is 0 Å². The largest absolute Gasteiger partial charge is 0.260 e. The SMILES string of the molecule is CCc1cc(Br)cnc1C. The number of hydrogen-bond acceptors (Lipinski definition) is 1. The van der Waals surface area contributed by atoms with E-state index in [2.05, 4.69) is 33.9 Å². The van der Waals surface area contributed by atoms with Gasteiger partial charge in [0.25, 0.3) is 0 Å². The first-order valence-electron chi connectivity index (χ1n) is 3.35. The number of aryl methyl sites for hydroxylation is 2. The number of halogens is 1. The standard InChI is InChI=1S/C8H10BrN/c1-3-7-4-8(9)5-10-6(7)2/h4-5H,3H2,1-2H3. The van der Waals surface area contributed by atoms with Crippen molar-refractivity contribution in [3.05, 3.63) is 28.0 Å². The normalized spacial score (nSPS) is 9.90. The number of aromatic nitrogens is 1. The van der Waals surface area contributed by atoms with Gasteiger partial charge < -0.3 is 0 Å². The van der Waals surface area contributed by atoms with E-state index in [9.17, 15) is 0 Å². The van der Waals surface area contributed by atoms with Crippen LogP contribution in [0.25, 0.3) is 0 Å². The van der Waals surface area contributed by atoms with E-state index in [4.69, 9.17) is 0 Å². The van der Waals surface area contributed by atoms with Crippen LogP contribution in [0.1, 0.15) is 18.2 Å². The fraction of sp³-hybridized carbons (Fsp3) is 0.375. The molecule has 1 aromatic rings. The molecule has 0 aliphatic rings. The first-order chi connectivity index (χ1) is 4.74. The lowest BCUT2D eigenvalue weighted by Crippen LogP contribution is -1.89. The van der Waals surface area contributed by atoms with Gasteiger partial charge in [0, 0.05) is 16.4 Å². The first kappa shape index (κ1) is 7.73. The molecule has 0 aromatic carbocycles. The number of rotatable bonds is 1. The molecule has 0 aliphatic carbocycles. The molecule has 1 nitrogen and oxygen atoms in total. The Morgan fingerprint density at radius 1 is 1.60 bits per heavy atom. The predicted molar refractivity (Wildman–Crippen MR) is 46.1 cm³/mol. The van der Waals surface area contributed by atoms with E-state index in [1.54, 1.807) is 0 Å². The molecule has 1 rings (SSSR count). The summed E-state index contributed by atoms with van der Waals surface area (Å²) in [5.41, 5.74) is 2.44. The summed E-state index contributed by atoms with van der Waals surface area (Å²) in [6.45, 7) is 4.17. The van der Waals surface area contributed by atoms with Crippen LogP contribution in [0, 0.1) is 6.92 Å². The second-order valence-corrected chi connectivity index (χ2v) is 3.17. The van der Waals surface area contributed by atoms with Crippen molar-refractivity contribution in [1.82, 2.24) is 4.98 Å². The Labute approximate surface area is 69.6 Å². The second-order valence-electron chi connectivity index (χ2n) is 2.25. The Morgan fingerprint density at radius 3 is 2.80 bits per heavy atom. The summed E-state index contributed by atoms with van der Waals surface area (Å²) in [6, 6.07) is 2.11. The van der Waals surface area contributed by atoms with Crippen LogP contribution in [0.4, 0.5) is 0 Å². The van der Waals surface area contributed by atoms with Crippen molar-refractivity contribution in [2.75, 3.05) is 0 Å². The zero-order valence-electron chi connectivity index (χ0n) is 6.19. The summed E-state index contributed by atoms with van der Waals surface area (Å²) in [4.78, 5) is 4.20. The maximum Gasteiger partial charge on any atom is 0.0413 e. The van der Waals surface area contributed by atoms with Gasteiger partial charge in [-0.2, -0.15) is 0 Å². The minimum absolute atomic E-state index is 1.05. The first-order valence-corrected chi connectivity index (χ1v) is 4.14. The van der Waals surface area contributed by atoms with E-state index in [1.807, 2.05) is 13.1 Å². The Kier molecular flexibility index (Phi) is 2.44. The molecule has 10 heavy (non-hydrogen) atoms. The third-order valence-corrected chi connectivity index (χ3v) is 1.97. The fourth-order valence-corrected chi connectivity index (χ4v) is 1.29. The summed E-state index contributed by atoms with van der Waals surface area (Å²) in [5.74, 6) is 0. The van der Waals surface area contributed by atoms with Crippen LogP contribution >= 0.6 is 15.9 Å². The number of hydrogen-bond donors (Lipinski definition) is 0. The third kappa shape index (κ3) is 1.57. The van der Waals surface area contributed by atoms with Gasteiger partial charge in [-0.05, 0) is 40.9 Å². The Hall–Kier alpha value is -0.370. The van der Waals surface area contributed by atoms with Crippen molar-refractivity contribution < 1.29 is 0 Å². The highest BCUT2D eigenvalue weighted by molar-refractivity contribution is 9.10. The molecule has 0 fully saturated rings. The lowest BCUT2D eigenvalue weighted by atomic mass is 10.2. The highest BCUT2D eigenvalue weighted by atomic mass is 79.9. The van der Waals surface area contributed by atoms with Crippen molar-refractivity contribution in [2.24, 2.45) is 0 Å². The second kappa shape index (κ2) is 3.15.